The zero-order chi connectivity index (χ0) is 12.0. The molecule has 1 rings (SSSR count). The minimum atomic E-state index is -0.00810. The van der Waals surface area contributed by atoms with Crippen LogP contribution in [0.1, 0.15) is 25.0 Å². The second-order valence-corrected chi connectivity index (χ2v) is 4.13. The Bertz CT molecular complexity index is 348. The van der Waals surface area contributed by atoms with Crippen LogP contribution in [0.3, 0.4) is 0 Å². The Morgan fingerprint density at radius 1 is 1.44 bits per heavy atom. The largest absolute Gasteiger partial charge is 0.359 e. The van der Waals surface area contributed by atoms with Crippen LogP contribution in [0.2, 0.25) is 0 Å². The molecule has 0 heterocycles. The van der Waals surface area contributed by atoms with Gasteiger partial charge in [-0.1, -0.05) is 29.8 Å². The molecule has 3 nitrogen and oxygen atoms in total. The Hall–Kier alpha value is -1.35. The molecular weight excluding hydrogens is 202 g/mol. The standard InChI is InChI=1S/C13H19NO2/c1-10(2)16-9-14-13(15)8-12-6-4-5-11(3)7-12/h4-7,10H,8-9H2,1-3H3,(H,14,15). The van der Waals surface area contributed by atoms with Gasteiger partial charge in [0.2, 0.25) is 5.91 Å². The van der Waals surface area contributed by atoms with Crippen molar-refractivity contribution in [1.82, 2.24) is 5.32 Å². The first-order chi connectivity index (χ1) is 7.58. The lowest BCUT2D eigenvalue weighted by molar-refractivity contribution is -0.122. The number of amides is 1. The van der Waals surface area contributed by atoms with Crippen LogP contribution in [0.15, 0.2) is 24.3 Å². The van der Waals surface area contributed by atoms with Crippen molar-refractivity contribution < 1.29 is 9.53 Å². The van der Waals surface area contributed by atoms with Crippen molar-refractivity contribution in [1.29, 1.82) is 0 Å². The van der Waals surface area contributed by atoms with E-state index in [9.17, 15) is 4.79 Å². The summed E-state index contributed by atoms with van der Waals surface area (Å²) in [6.45, 7) is 6.17. The number of rotatable bonds is 5. The maximum absolute atomic E-state index is 11.5. The SMILES string of the molecule is Cc1cccc(CC(=O)NCOC(C)C)c1. The van der Waals surface area contributed by atoms with Gasteiger partial charge >= 0.3 is 0 Å². The van der Waals surface area contributed by atoms with Crippen molar-refractivity contribution in [3.8, 4) is 0 Å². The quantitative estimate of drug-likeness (QED) is 0.773. The maximum atomic E-state index is 11.5. The first-order valence-electron chi connectivity index (χ1n) is 5.52. The molecule has 0 aliphatic rings. The zero-order valence-corrected chi connectivity index (χ0v) is 10.1. The summed E-state index contributed by atoms with van der Waals surface area (Å²) in [6, 6.07) is 7.95. The molecule has 88 valence electrons. The summed E-state index contributed by atoms with van der Waals surface area (Å²) in [5, 5.41) is 2.72. The highest BCUT2D eigenvalue weighted by atomic mass is 16.5. The van der Waals surface area contributed by atoms with Crippen LogP contribution in [-0.4, -0.2) is 18.7 Å². The first-order valence-corrected chi connectivity index (χ1v) is 5.52. The predicted octanol–water partition coefficient (Wildman–Crippen LogP) is 2.04. The summed E-state index contributed by atoms with van der Waals surface area (Å²) in [4.78, 5) is 11.5. The molecule has 1 aromatic rings. The van der Waals surface area contributed by atoms with Gasteiger partial charge in [-0.15, -0.1) is 0 Å². The fourth-order valence-electron chi connectivity index (χ4n) is 1.36. The van der Waals surface area contributed by atoms with E-state index in [1.165, 1.54) is 5.56 Å². The van der Waals surface area contributed by atoms with Crippen molar-refractivity contribution in [2.75, 3.05) is 6.73 Å². The third-order valence-corrected chi connectivity index (χ3v) is 2.13. The molecule has 0 saturated carbocycles. The maximum Gasteiger partial charge on any atom is 0.226 e. The van der Waals surface area contributed by atoms with Crippen LogP contribution in [0.5, 0.6) is 0 Å². The van der Waals surface area contributed by atoms with Gasteiger partial charge in [-0.3, -0.25) is 4.79 Å². The van der Waals surface area contributed by atoms with Crippen LogP contribution in [0.25, 0.3) is 0 Å². The molecule has 0 aliphatic heterocycles. The van der Waals surface area contributed by atoms with E-state index < -0.39 is 0 Å². The topological polar surface area (TPSA) is 38.3 Å². The molecule has 0 saturated heterocycles. The van der Waals surface area contributed by atoms with Crippen LogP contribution in [0, 0.1) is 6.92 Å². The monoisotopic (exact) mass is 221 g/mol. The normalized spacial score (nSPS) is 10.5. The van der Waals surface area contributed by atoms with Gasteiger partial charge in [0.25, 0.3) is 0 Å². The highest BCUT2D eigenvalue weighted by Crippen LogP contribution is 2.04. The summed E-state index contributed by atoms with van der Waals surface area (Å²) in [5.41, 5.74) is 2.20. The van der Waals surface area contributed by atoms with Crippen molar-refractivity contribution >= 4 is 5.91 Å². The molecule has 0 aromatic heterocycles. The number of carbonyl (C=O) groups is 1. The summed E-state index contributed by atoms with van der Waals surface area (Å²) in [7, 11) is 0. The van der Waals surface area contributed by atoms with Crippen molar-refractivity contribution in [2.24, 2.45) is 0 Å². The number of hydrogen-bond acceptors (Lipinski definition) is 2. The lowest BCUT2D eigenvalue weighted by atomic mass is 10.1. The van der Waals surface area contributed by atoms with Gasteiger partial charge in [0, 0.05) is 0 Å². The fraction of sp³-hybridized carbons (Fsp3) is 0.462. The average molecular weight is 221 g/mol. The van der Waals surface area contributed by atoms with E-state index in [2.05, 4.69) is 5.32 Å². The Labute approximate surface area is 96.8 Å². The van der Waals surface area contributed by atoms with Gasteiger partial charge in [0.05, 0.1) is 12.5 Å². The Morgan fingerprint density at radius 3 is 2.81 bits per heavy atom. The molecule has 16 heavy (non-hydrogen) atoms. The van der Waals surface area contributed by atoms with Gasteiger partial charge in [0.15, 0.2) is 0 Å². The number of aryl methyl sites for hydroxylation is 1. The van der Waals surface area contributed by atoms with E-state index in [4.69, 9.17) is 4.74 Å². The van der Waals surface area contributed by atoms with E-state index in [1.54, 1.807) is 0 Å². The lowest BCUT2D eigenvalue weighted by Gasteiger charge is -2.09. The molecular formula is C13H19NO2. The van der Waals surface area contributed by atoms with Crippen LogP contribution < -0.4 is 5.32 Å². The number of ether oxygens (including phenoxy) is 1. The summed E-state index contributed by atoms with van der Waals surface area (Å²) in [5.74, 6) is -0.00810. The molecule has 3 heteroatoms. The van der Waals surface area contributed by atoms with Crippen molar-refractivity contribution in [2.45, 2.75) is 33.3 Å². The third-order valence-electron chi connectivity index (χ3n) is 2.13. The predicted molar refractivity (Wildman–Crippen MR) is 64.1 cm³/mol. The number of carbonyl (C=O) groups excluding carboxylic acids is 1. The number of benzene rings is 1. The van der Waals surface area contributed by atoms with Gasteiger partial charge in [-0.25, -0.2) is 0 Å². The molecule has 1 amide bonds. The molecule has 0 unspecified atom stereocenters. The van der Waals surface area contributed by atoms with Crippen LogP contribution in [-0.2, 0) is 16.0 Å². The van der Waals surface area contributed by atoms with Crippen LogP contribution in [0.4, 0.5) is 0 Å². The smallest absolute Gasteiger partial charge is 0.226 e. The van der Waals surface area contributed by atoms with Gasteiger partial charge in [-0.2, -0.15) is 0 Å². The first kappa shape index (κ1) is 12.7. The molecule has 0 atom stereocenters. The minimum Gasteiger partial charge on any atom is -0.359 e. The molecule has 0 bridgehead atoms. The number of hydrogen-bond donors (Lipinski definition) is 1. The second kappa shape index (κ2) is 6.28. The van der Waals surface area contributed by atoms with E-state index in [0.717, 1.165) is 5.56 Å². The Balaban J connectivity index is 2.34. The van der Waals surface area contributed by atoms with Crippen molar-refractivity contribution in [3.63, 3.8) is 0 Å². The van der Waals surface area contributed by atoms with Gasteiger partial charge in [-0.05, 0) is 26.3 Å². The molecule has 0 spiro atoms. The summed E-state index contributed by atoms with van der Waals surface area (Å²) < 4.78 is 5.24. The highest BCUT2D eigenvalue weighted by Gasteiger charge is 2.03. The molecule has 0 radical (unpaired) electrons. The van der Waals surface area contributed by atoms with Gasteiger partial charge < -0.3 is 10.1 Å². The second-order valence-electron chi connectivity index (χ2n) is 4.13. The van der Waals surface area contributed by atoms with E-state index in [-0.39, 0.29) is 18.7 Å². The summed E-state index contributed by atoms with van der Waals surface area (Å²) in [6.07, 6.45) is 0.544. The number of nitrogens with one attached hydrogen (secondary N) is 1. The Morgan fingerprint density at radius 2 is 2.19 bits per heavy atom. The molecule has 1 N–H and O–H groups in total. The highest BCUT2D eigenvalue weighted by molar-refractivity contribution is 5.78. The van der Waals surface area contributed by atoms with Gasteiger partial charge in [0.1, 0.15) is 6.73 Å². The molecule has 0 fully saturated rings. The fourth-order valence-corrected chi connectivity index (χ4v) is 1.36. The minimum absolute atomic E-state index is 0.00810. The summed E-state index contributed by atoms with van der Waals surface area (Å²) >= 11 is 0. The zero-order valence-electron chi connectivity index (χ0n) is 10.1. The van der Waals surface area contributed by atoms with E-state index >= 15 is 0 Å². The van der Waals surface area contributed by atoms with E-state index in [0.29, 0.717) is 6.42 Å². The lowest BCUT2D eigenvalue weighted by Crippen LogP contribution is -2.28. The Kier molecular flexibility index (Phi) is 4.99. The van der Waals surface area contributed by atoms with E-state index in [1.807, 2.05) is 45.0 Å². The average Bonchev–Trinajstić information content (AvgIpc) is 2.16. The molecule has 0 aliphatic carbocycles. The third kappa shape index (κ3) is 4.94. The van der Waals surface area contributed by atoms with Crippen LogP contribution >= 0.6 is 0 Å². The molecule has 1 aromatic carbocycles. The van der Waals surface area contributed by atoms with Crippen molar-refractivity contribution in [3.05, 3.63) is 35.4 Å².